The first-order valence-corrected chi connectivity index (χ1v) is 8.03. The molecule has 1 heterocycles. The van der Waals surface area contributed by atoms with Gasteiger partial charge in [-0.3, -0.25) is 14.8 Å². The number of hydrogen-bond donors (Lipinski definition) is 1. The van der Waals surface area contributed by atoms with Crippen LogP contribution in [0, 0.1) is 5.41 Å². The van der Waals surface area contributed by atoms with E-state index < -0.39 is 0 Å². The highest BCUT2D eigenvalue weighted by atomic mass is 79.9. The summed E-state index contributed by atoms with van der Waals surface area (Å²) >= 11 is 3.60. The Morgan fingerprint density at radius 2 is 2.00 bits per heavy atom. The Balaban J connectivity index is 2.11. The molecule has 114 valence electrons. The van der Waals surface area contributed by atoms with Gasteiger partial charge in [-0.05, 0) is 39.9 Å². The third kappa shape index (κ3) is 2.99. The Hall–Kier alpha value is -1.88. The molecule has 5 heteroatoms. The maximum Gasteiger partial charge on any atom is 0.157 e. The number of ketones is 1. The number of H-pyrrole nitrogens is 1. The molecule has 0 bridgehead atoms. The summed E-state index contributed by atoms with van der Waals surface area (Å²) < 4.78 is 0.973. The molecule has 3 rings (SSSR count). The molecule has 0 spiro atoms. The van der Waals surface area contributed by atoms with Crippen LogP contribution >= 0.6 is 15.9 Å². The molecule has 0 saturated heterocycles. The minimum absolute atomic E-state index is 0.0410. The summed E-state index contributed by atoms with van der Waals surface area (Å²) in [5.74, 6) is 1.02. The number of aromatic nitrogens is 2. The lowest BCUT2D eigenvalue weighted by Crippen LogP contribution is -2.29. The van der Waals surface area contributed by atoms with Gasteiger partial charge in [-0.25, -0.2) is 0 Å². The standard InChI is InChI=1S/C17H18BrN3O/c1-17(2)10-12(9-13(22)11-17)21(16-7-8-19-20-16)15-6-4-3-5-14(15)18/h3-9H,10-11H2,1-2H3,(H,19,20). The van der Waals surface area contributed by atoms with E-state index in [0.29, 0.717) is 6.42 Å². The van der Waals surface area contributed by atoms with E-state index in [9.17, 15) is 4.79 Å². The summed E-state index contributed by atoms with van der Waals surface area (Å²) in [5, 5.41) is 7.06. The Bertz CT molecular complexity index is 719. The summed E-state index contributed by atoms with van der Waals surface area (Å²) in [6.45, 7) is 4.26. The maximum atomic E-state index is 12.1. The van der Waals surface area contributed by atoms with Crippen molar-refractivity contribution in [1.29, 1.82) is 0 Å². The molecule has 22 heavy (non-hydrogen) atoms. The second-order valence-corrected chi connectivity index (χ2v) is 7.20. The van der Waals surface area contributed by atoms with Crippen molar-refractivity contribution in [3.8, 4) is 0 Å². The highest BCUT2D eigenvalue weighted by Crippen LogP contribution is 2.41. The van der Waals surface area contributed by atoms with Gasteiger partial charge in [0.15, 0.2) is 5.78 Å². The number of anilines is 2. The first-order valence-electron chi connectivity index (χ1n) is 7.24. The summed E-state index contributed by atoms with van der Waals surface area (Å²) in [6, 6.07) is 9.89. The van der Waals surface area contributed by atoms with Crippen LogP contribution in [0.15, 0.2) is 52.8 Å². The van der Waals surface area contributed by atoms with Gasteiger partial charge < -0.3 is 0 Å². The highest BCUT2D eigenvalue weighted by molar-refractivity contribution is 9.10. The highest BCUT2D eigenvalue weighted by Gasteiger charge is 2.31. The third-order valence-electron chi connectivity index (χ3n) is 3.75. The van der Waals surface area contributed by atoms with Crippen LogP contribution in [0.3, 0.4) is 0 Å². The Labute approximate surface area is 138 Å². The van der Waals surface area contributed by atoms with Gasteiger partial charge in [-0.1, -0.05) is 26.0 Å². The molecule has 0 fully saturated rings. The lowest BCUT2D eigenvalue weighted by atomic mass is 9.78. The quantitative estimate of drug-likeness (QED) is 0.871. The molecule has 0 radical (unpaired) electrons. The average molecular weight is 360 g/mol. The van der Waals surface area contributed by atoms with Crippen molar-refractivity contribution in [1.82, 2.24) is 10.2 Å². The number of carbonyl (C=O) groups is 1. The molecule has 0 atom stereocenters. The van der Waals surface area contributed by atoms with E-state index in [0.717, 1.165) is 28.1 Å². The van der Waals surface area contributed by atoms with E-state index in [4.69, 9.17) is 0 Å². The predicted octanol–water partition coefficient (Wildman–Crippen LogP) is 4.58. The first kappa shape index (κ1) is 15.0. The molecule has 1 aliphatic carbocycles. The van der Waals surface area contributed by atoms with Gasteiger partial charge in [0.05, 0.1) is 11.9 Å². The molecular weight excluding hydrogens is 342 g/mol. The largest absolute Gasteiger partial charge is 0.298 e. The molecule has 1 N–H and O–H groups in total. The summed E-state index contributed by atoms with van der Waals surface area (Å²) in [4.78, 5) is 14.2. The van der Waals surface area contributed by atoms with Crippen molar-refractivity contribution in [3.63, 3.8) is 0 Å². The van der Waals surface area contributed by atoms with Crippen molar-refractivity contribution in [2.45, 2.75) is 26.7 Å². The molecule has 2 aromatic rings. The normalized spacial score (nSPS) is 17.2. The van der Waals surface area contributed by atoms with E-state index in [1.54, 1.807) is 12.3 Å². The Kier molecular flexibility index (Phi) is 3.91. The lowest BCUT2D eigenvalue weighted by Gasteiger charge is -2.35. The number of rotatable bonds is 3. The number of aromatic amines is 1. The van der Waals surface area contributed by atoms with Crippen LogP contribution < -0.4 is 4.90 Å². The van der Waals surface area contributed by atoms with Crippen LogP contribution in [0.1, 0.15) is 26.7 Å². The monoisotopic (exact) mass is 359 g/mol. The van der Waals surface area contributed by atoms with Gasteiger partial charge in [0.1, 0.15) is 5.82 Å². The molecule has 0 amide bonds. The predicted molar refractivity (Wildman–Crippen MR) is 91.0 cm³/mol. The number of para-hydroxylation sites is 1. The van der Waals surface area contributed by atoms with Gasteiger partial charge >= 0.3 is 0 Å². The van der Waals surface area contributed by atoms with Gasteiger partial charge in [0, 0.05) is 28.7 Å². The van der Waals surface area contributed by atoms with Crippen molar-refractivity contribution < 1.29 is 4.79 Å². The SMILES string of the molecule is CC1(C)CC(=O)C=C(N(c2ccn[nH]2)c2ccccc2Br)C1. The van der Waals surface area contributed by atoms with Gasteiger partial charge in [-0.2, -0.15) is 5.10 Å². The van der Waals surface area contributed by atoms with Crippen LogP contribution in [0.4, 0.5) is 11.5 Å². The number of carbonyl (C=O) groups excluding carboxylic acids is 1. The van der Waals surface area contributed by atoms with E-state index in [2.05, 4.69) is 44.9 Å². The van der Waals surface area contributed by atoms with Gasteiger partial charge in [-0.15, -0.1) is 0 Å². The van der Waals surface area contributed by atoms with Crippen LogP contribution in [0.25, 0.3) is 0 Å². The smallest absolute Gasteiger partial charge is 0.157 e. The minimum Gasteiger partial charge on any atom is -0.298 e. The van der Waals surface area contributed by atoms with E-state index >= 15 is 0 Å². The molecule has 0 aliphatic heterocycles. The van der Waals surface area contributed by atoms with Crippen molar-refractivity contribution in [3.05, 3.63) is 52.8 Å². The second kappa shape index (κ2) is 5.72. The fraction of sp³-hybridized carbons (Fsp3) is 0.294. The molecule has 0 unspecified atom stereocenters. The molecule has 1 aromatic heterocycles. The molecule has 0 saturated carbocycles. The van der Waals surface area contributed by atoms with Crippen LogP contribution in [0.2, 0.25) is 0 Å². The third-order valence-corrected chi connectivity index (χ3v) is 4.42. The Morgan fingerprint density at radius 1 is 1.23 bits per heavy atom. The number of nitrogens with zero attached hydrogens (tertiary/aromatic N) is 2. The van der Waals surface area contributed by atoms with Crippen LogP contribution in [0.5, 0.6) is 0 Å². The maximum absolute atomic E-state index is 12.1. The van der Waals surface area contributed by atoms with E-state index in [-0.39, 0.29) is 11.2 Å². The van der Waals surface area contributed by atoms with Gasteiger partial charge in [0.2, 0.25) is 0 Å². The lowest BCUT2D eigenvalue weighted by molar-refractivity contribution is -0.117. The van der Waals surface area contributed by atoms with Crippen molar-refractivity contribution >= 4 is 33.2 Å². The van der Waals surface area contributed by atoms with Crippen LogP contribution in [-0.2, 0) is 4.79 Å². The molecule has 1 aromatic carbocycles. The number of benzene rings is 1. The summed E-state index contributed by atoms with van der Waals surface area (Å²) in [5.41, 5.74) is 1.93. The summed E-state index contributed by atoms with van der Waals surface area (Å²) in [6.07, 6.45) is 4.89. The van der Waals surface area contributed by atoms with E-state index in [1.165, 1.54) is 0 Å². The Morgan fingerprint density at radius 3 is 2.64 bits per heavy atom. The number of halogens is 1. The average Bonchev–Trinajstić information content (AvgIpc) is 2.93. The zero-order chi connectivity index (χ0) is 15.7. The minimum atomic E-state index is -0.0410. The number of hydrogen-bond acceptors (Lipinski definition) is 3. The number of allylic oxidation sites excluding steroid dienone is 2. The van der Waals surface area contributed by atoms with Crippen molar-refractivity contribution in [2.24, 2.45) is 5.41 Å². The van der Waals surface area contributed by atoms with Crippen molar-refractivity contribution in [2.75, 3.05) is 4.90 Å². The molecule has 4 nitrogen and oxygen atoms in total. The fourth-order valence-electron chi connectivity index (χ4n) is 2.90. The molecular formula is C17H18BrN3O. The zero-order valence-electron chi connectivity index (χ0n) is 12.6. The fourth-order valence-corrected chi connectivity index (χ4v) is 3.36. The van der Waals surface area contributed by atoms with Gasteiger partial charge in [0.25, 0.3) is 0 Å². The summed E-state index contributed by atoms with van der Waals surface area (Å²) in [7, 11) is 0. The first-order chi connectivity index (χ1) is 10.5. The second-order valence-electron chi connectivity index (χ2n) is 6.35. The molecule has 1 aliphatic rings. The topological polar surface area (TPSA) is 49.0 Å². The van der Waals surface area contributed by atoms with Crippen LogP contribution in [-0.4, -0.2) is 16.0 Å². The number of nitrogens with one attached hydrogen (secondary N) is 1. The zero-order valence-corrected chi connectivity index (χ0v) is 14.2. The van der Waals surface area contributed by atoms with E-state index in [1.807, 2.05) is 30.3 Å².